The zero-order chi connectivity index (χ0) is 17.1. The quantitative estimate of drug-likeness (QED) is 0.651. The summed E-state index contributed by atoms with van der Waals surface area (Å²) >= 11 is 0. The lowest BCUT2D eigenvalue weighted by Crippen LogP contribution is -2.55. The number of hydrogen-bond donors (Lipinski definition) is 1. The number of rotatable bonds is 4. The van der Waals surface area contributed by atoms with E-state index in [0.29, 0.717) is 13.1 Å². The molecule has 134 valence electrons. The summed E-state index contributed by atoms with van der Waals surface area (Å²) in [6.07, 6.45) is 0. The van der Waals surface area contributed by atoms with Gasteiger partial charge in [0.2, 0.25) is 0 Å². The summed E-state index contributed by atoms with van der Waals surface area (Å²) in [6.45, 7) is 4.93. The van der Waals surface area contributed by atoms with Crippen molar-refractivity contribution in [2.75, 3.05) is 27.3 Å². The Morgan fingerprint density at radius 1 is 1.21 bits per heavy atom. The number of methoxy groups -OCH3 is 2. The van der Waals surface area contributed by atoms with Crippen LogP contribution in [0.5, 0.6) is 11.5 Å². The average Bonchev–Trinajstić information content (AvgIpc) is 2.51. The number of nitrogens with one attached hydrogen (secondary N) is 1. The van der Waals surface area contributed by atoms with Crippen molar-refractivity contribution >= 4 is 24.0 Å². The van der Waals surface area contributed by atoms with Crippen LogP contribution in [0.4, 0.5) is 5.69 Å². The van der Waals surface area contributed by atoms with Crippen LogP contribution in [0, 0.1) is 10.1 Å². The number of piperazine rings is 1. The van der Waals surface area contributed by atoms with Gasteiger partial charge in [-0.1, -0.05) is 0 Å². The molecule has 8 nitrogen and oxygen atoms in total. The fourth-order valence-corrected chi connectivity index (χ4v) is 2.85. The topological polar surface area (TPSA) is 93.9 Å². The molecule has 1 aliphatic rings. The number of benzene rings is 1. The van der Waals surface area contributed by atoms with Gasteiger partial charge in [-0.25, -0.2) is 0 Å². The fourth-order valence-electron chi connectivity index (χ4n) is 2.85. The van der Waals surface area contributed by atoms with Gasteiger partial charge in [0.15, 0.2) is 11.5 Å². The van der Waals surface area contributed by atoms with E-state index in [-0.39, 0.29) is 53.1 Å². The molecule has 2 rings (SSSR count). The van der Waals surface area contributed by atoms with Crippen molar-refractivity contribution in [3.63, 3.8) is 0 Å². The average molecular weight is 360 g/mol. The standard InChI is InChI=1S/C15H21N3O5.ClH/c1-9-7-17(8-10(2)16-9)15(19)11-5-13(22-3)14(23-4)6-12(11)18(20)21;/h5-6,9-10,16H,7-8H2,1-4H3;1H. The van der Waals surface area contributed by atoms with Crippen molar-refractivity contribution in [2.24, 2.45) is 0 Å². The number of amides is 1. The SMILES string of the molecule is COc1cc(C(=O)N2CC(C)NC(C)C2)c([N+](=O)[O-])cc1OC.Cl. The normalized spacial score (nSPS) is 20.1. The van der Waals surface area contributed by atoms with Crippen LogP contribution in [0.1, 0.15) is 24.2 Å². The lowest BCUT2D eigenvalue weighted by molar-refractivity contribution is -0.385. The molecule has 2 unspecified atom stereocenters. The Morgan fingerprint density at radius 2 is 1.71 bits per heavy atom. The summed E-state index contributed by atoms with van der Waals surface area (Å²) in [5.41, 5.74) is -0.277. The highest BCUT2D eigenvalue weighted by molar-refractivity contribution is 5.99. The van der Waals surface area contributed by atoms with Gasteiger partial charge in [0.25, 0.3) is 11.6 Å². The molecular weight excluding hydrogens is 338 g/mol. The molecule has 9 heteroatoms. The molecule has 1 amide bonds. The van der Waals surface area contributed by atoms with Crippen LogP contribution in [-0.4, -0.2) is 55.1 Å². The smallest absolute Gasteiger partial charge is 0.286 e. The van der Waals surface area contributed by atoms with Crippen LogP contribution in [-0.2, 0) is 0 Å². The molecule has 1 aliphatic heterocycles. The molecule has 1 N–H and O–H groups in total. The molecule has 2 atom stereocenters. The van der Waals surface area contributed by atoms with Crippen molar-refractivity contribution in [1.82, 2.24) is 10.2 Å². The predicted octanol–water partition coefficient (Wildman–Crippen LogP) is 1.86. The molecule has 1 heterocycles. The first kappa shape index (κ1) is 20.0. The molecule has 0 spiro atoms. The Morgan fingerprint density at radius 3 is 2.17 bits per heavy atom. The van der Waals surface area contributed by atoms with Gasteiger partial charge in [0.05, 0.1) is 25.2 Å². The zero-order valence-electron chi connectivity index (χ0n) is 14.1. The first-order valence-electron chi connectivity index (χ1n) is 7.33. The number of carbonyl (C=O) groups is 1. The number of hydrogen-bond acceptors (Lipinski definition) is 6. The number of nitro groups is 1. The summed E-state index contributed by atoms with van der Waals surface area (Å²) in [4.78, 5) is 25.2. The van der Waals surface area contributed by atoms with Crippen LogP contribution in [0.3, 0.4) is 0 Å². The first-order chi connectivity index (χ1) is 10.9. The highest BCUT2D eigenvalue weighted by Crippen LogP contribution is 2.35. The van der Waals surface area contributed by atoms with Crippen molar-refractivity contribution in [2.45, 2.75) is 25.9 Å². The highest BCUT2D eigenvalue weighted by atomic mass is 35.5. The minimum atomic E-state index is -0.579. The summed E-state index contributed by atoms with van der Waals surface area (Å²) in [6, 6.07) is 2.85. The van der Waals surface area contributed by atoms with Crippen LogP contribution in [0.15, 0.2) is 12.1 Å². The van der Waals surface area contributed by atoms with Gasteiger partial charge >= 0.3 is 0 Å². The number of carbonyl (C=O) groups excluding carboxylic acids is 1. The van der Waals surface area contributed by atoms with E-state index in [2.05, 4.69) is 5.32 Å². The van der Waals surface area contributed by atoms with E-state index in [1.165, 1.54) is 26.4 Å². The van der Waals surface area contributed by atoms with Crippen LogP contribution in [0.25, 0.3) is 0 Å². The van der Waals surface area contributed by atoms with E-state index in [1.54, 1.807) is 4.90 Å². The maximum absolute atomic E-state index is 12.8. The molecular formula is C15H22ClN3O5. The lowest BCUT2D eigenvalue weighted by atomic mass is 10.1. The van der Waals surface area contributed by atoms with E-state index in [0.717, 1.165) is 0 Å². The van der Waals surface area contributed by atoms with Crippen molar-refractivity contribution in [1.29, 1.82) is 0 Å². The first-order valence-corrected chi connectivity index (χ1v) is 7.33. The Hall–Kier alpha value is -2.06. The molecule has 0 aromatic heterocycles. The van der Waals surface area contributed by atoms with E-state index >= 15 is 0 Å². The van der Waals surface area contributed by atoms with Gasteiger partial charge in [-0.2, -0.15) is 0 Å². The van der Waals surface area contributed by atoms with E-state index in [1.807, 2.05) is 13.8 Å². The molecule has 1 aromatic carbocycles. The van der Waals surface area contributed by atoms with Crippen molar-refractivity contribution in [3.8, 4) is 11.5 Å². The monoisotopic (exact) mass is 359 g/mol. The van der Waals surface area contributed by atoms with Crippen molar-refractivity contribution in [3.05, 3.63) is 27.8 Å². The zero-order valence-corrected chi connectivity index (χ0v) is 14.9. The van der Waals surface area contributed by atoms with Gasteiger partial charge < -0.3 is 19.7 Å². The molecule has 1 aromatic rings. The van der Waals surface area contributed by atoms with Crippen molar-refractivity contribution < 1.29 is 19.2 Å². The third-order valence-electron chi connectivity index (χ3n) is 3.77. The highest BCUT2D eigenvalue weighted by Gasteiger charge is 2.31. The molecule has 0 aliphatic carbocycles. The molecule has 0 saturated carbocycles. The molecule has 24 heavy (non-hydrogen) atoms. The number of nitrogens with zero attached hydrogens (tertiary/aromatic N) is 2. The third kappa shape index (κ3) is 4.07. The van der Waals surface area contributed by atoms with Gasteiger partial charge in [0.1, 0.15) is 5.56 Å². The van der Waals surface area contributed by atoms with E-state index < -0.39 is 4.92 Å². The summed E-state index contributed by atoms with van der Waals surface area (Å²) in [5, 5.41) is 14.7. The Kier molecular flexibility index (Phi) is 6.80. The minimum Gasteiger partial charge on any atom is -0.493 e. The molecule has 0 radical (unpaired) electrons. The second-order valence-corrected chi connectivity index (χ2v) is 5.66. The summed E-state index contributed by atoms with van der Waals surface area (Å²) < 4.78 is 10.2. The third-order valence-corrected chi connectivity index (χ3v) is 3.77. The van der Waals surface area contributed by atoms with Gasteiger partial charge in [-0.15, -0.1) is 12.4 Å². The van der Waals surface area contributed by atoms with Gasteiger partial charge in [0, 0.05) is 31.2 Å². The molecule has 1 fully saturated rings. The van der Waals surface area contributed by atoms with Gasteiger partial charge in [-0.3, -0.25) is 14.9 Å². The molecule has 0 bridgehead atoms. The Balaban J connectivity index is 0.00000288. The molecule has 1 saturated heterocycles. The van der Waals surface area contributed by atoms with E-state index in [4.69, 9.17) is 9.47 Å². The second kappa shape index (κ2) is 8.16. The Bertz CT molecular complexity index is 615. The Labute approximate surface area is 146 Å². The number of ether oxygens (including phenoxy) is 2. The maximum Gasteiger partial charge on any atom is 0.286 e. The van der Waals surface area contributed by atoms with Gasteiger partial charge in [-0.05, 0) is 13.8 Å². The van der Waals surface area contributed by atoms with Crippen LogP contribution >= 0.6 is 12.4 Å². The van der Waals surface area contributed by atoms with Crippen LogP contribution in [0.2, 0.25) is 0 Å². The predicted molar refractivity (Wildman–Crippen MR) is 91.4 cm³/mol. The van der Waals surface area contributed by atoms with E-state index in [9.17, 15) is 14.9 Å². The number of nitro benzene ring substituents is 1. The lowest BCUT2D eigenvalue weighted by Gasteiger charge is -2.36. The minimum absolute atomic E-state index is 0. The number of halogens is 1. The largest absolute Gasteiger partial charge is 0.493 e. The fraction of sp³-hybridized carbons (Fsp3) is 0.533. The summed E-state index contributed by atoms with van der Waals surface area (Å²) in [5.74, 6) is 0.133. The second-order valence-electron chi connectivity index (χ2n) is 5.66. The maximum atomic E-state index is 12.8. The summed E-state index contributed by atoms with van der Waals surface area (Å²) in [7, 11) is 2.82. The van der Waals surface area contributed by atoms with Crippen LogP contribution < -0.4 is 14.8 Å².